The molecule has 1 aromatic carbocycles. The molecule has 82 valence electrons. The average molecular weight is 247 g/mol. The minimum atomic E-state index is -1.58. The lowest BCUT2D eigenvalue weighted by molar-refractivity contribution is -0.112. The van der Waals surface area contributed by atoms with Crippen LogP contribution in [0.1, 0.15) is 25.6 Å². The maximum atomic E-state index is 13.0. The van der Waals surface area contributed by atoms with E-state index in [9.17, 15) is 9.18 Å². The number of alkyl halides is 1. The summed E-state index contributed by atoms with van der Waals surface area (Å²) in [4.78, 5) is 11.2. The highest BCUT2D eigenvalue weighted by Crippen LogP contribution is 2.32. The maximum absolute atomic E-state index is 13.0. The number of thioether (sulfide) groups is 1. The van der Waals surface area contributed by atoms with E-state index >= 15 is 0 Å². The van der Waals surface area contributed by atoms with Crippen LogP contribution in [0.25, 0.3) is 0 Å². The van der Waals surface area contributed by atoms with Gasteiger partial charge < -0.3 is 0 Å². The van der Waals surface area contributed by atoms with Crippen LogP contribution < -0.4 is 0 Å². The van der Waals surface area contributed by atoms with Gasteiger partial charge in [0.25, 0.3) is 0 Å². The Morgan fingerprint density at radius 2 is 2.13 bits per heavy atom. The molecule has 0 aliphatic carbocycles. The van der Waals surface area contributed by atoms with Crippen LogP contribution in [0.4, 0.5) is 4.39 Å². The highest BCUT2D eigenvalue weighted by molar-refractivity contribution is 8.00. The van der Waals surface area contributed by atoms with E-state index in [2.05, 4.69) is 13.8 Å². The van der Waals surface area contributed by atoms with Crippen LogP contribution in [0, 0.1) is 0 Å². The molecule has 15 heavy (non-hydrogen) atoms. The van der Waals surface area contributed by atoms with Gasteiger partial charge >= 0.3 is 0 Å². The molecule has 1 aromatic rings. The summed E-state index contributed by atoms with van der Waals surface area (Å²) in [5.41, 5.74) is 0.308. The van der Waals surface area contributed by atoms with Crippen molar-refractivity contribution in [2.45, 2.75) is 30.2 Å². The maximum Gasteiger partial charge on any atom is 0.180 e. The minimum absolute atomic E-state index is 0.265. The molecule has 0 amide bonds. The van der Waals surface area contributed by atoms with Crippen molar-refractivity contribution in [2.75, 3.05) is 0 Å². The van der Waals surface area contributed by atoms with Gasteiger partial charge in [0.15, 0.2) is 12.5 Å². The van der Waals surface area contributed by atoms with E-state index in [0.717, 1.165) is 4.90 Å². The van der Waals surface area contributed by atoms with Gasteiger partial charge in [-0.1, -0.05) is 31.5 Å². The predicted octanol–water partition coefficient (Wildman–Crippen LogP) is 4.05. The van der Waals surface area contributed by atoms with Gasteiger partial charge in [-0.25, -0.2) is 4.39 Å². The van der Waals surface area contributed by atoms with Gasteiger partial charge in [0.1, 0.15) is 0 Å². The molecule has 0 heterocycles. The number of aldehydes is 1. The lowest BCUT2D eigenvalue weighted by atomic mass is 10.1. The number of carbonyl (C=O) groups excluding carboxylic acids is 1. The van der Waals surface area contributed by atoms with Crippen LogP contribution in [-0.2, 0) is 4.79 Å². The fourth-order valence-corrected chi connectivity index (χ4v) is 2.27. The average Bonchev–Trinajstić information content (AvgIpc) is 2.19. The number of hydrogen-bond donors (Lipinski definition) is 0. The second kappa shape index (κ2) is 5.52. The molecule has 0 aliphatic heterocycles. The van der Waals surface area contributed by atoms with E-state index in [4.69, 9.17) is 11.6 Å². The summed E-state index contributed by atoms with van der Waals surface area (Å²) in [6.07, 6.45) is -1.32. The lowest BCUT2D eigenvalue weighted by Crippen LogP contribution is -1.93. The normalized spacial score (nSPS) is 12.9. The Hall–Kier alpha value is -0.540. The molecule has 1 nitrogen and oxygen atoms in total. The minimum Gasteiger partial charge on any atom is -0.300 e. The molecular weight excluding hydrogens is 235 g/mol. The van der Waals surface area contributed by atoms with Gasteiger partial charge in [0.05, 0.1) is 5.02 Å². The number of carbonyl (C=O) groups is 1. The summed E-state index contributed by atoms with van der Waals surface area (Å²) >= 11 is 7.58. The zero-order valence-corrected chi connectivity index (χ0v) is 10.1. The van der Waals surface area contributed by atoms with Crippen LogP contribution in [0.15, 0.2) is 23.1 Å². The first-order valence-electron chi connectivity index (χ1n) is 4.60. The second-order valence-electron chi connectivity index (χ2n) is 3.39. The summed E-state index contributed by atoms with van der Waals surface area (Å²) in [5, 5.41) is 0.913. The summed E-state index contributed by atoms with van der Waals surface area (Å²) in [7, 11) is 0. The van der Waals surface area contributed by atoms with Crippen molar-refractivity contribution in [1.82, 2.24) is 0 Å². The van der Waals surface area contributed by atoms with Crippen molar-refractivity contribution in [3.63, 3.8) is 0 Å². The van der Waals surface area contributed by atoms with Crippen LogP contribution >= 0.6 is 23.4 Å². The van der Waals surface area contributed by atoms with Crippen molar-refractivity contribution in [1.29, 1.82) is 0 Å². The molecule has 0 radical (unpaired) electrons. The molecule has 4 heteroatoms. The van der Waals surface area contributed by atoms with E-state index in [1.165, 1.54) is 6.07 Å². The first kappa shape index (κ1) is 12.5. The Labute approximate surface area is 98.0 Å². The smallest absolute Gasteiger partial charge is 0.180 e. The monoisotopic (exact) mass is 246 g/mol. The fourth-order valence-electron chi connectivity index (χ4n) is 1.12. The third kappa shape index (κ3) is 3.50. The third-order valence-electron chi connectivity index (χ3n) is 1.76. The standard InChI is InChI=1S/C11H12ClFOS/c1-7(2)15-11-4-3-8(5-9(11)12)10(13)6-14/h3-7,10H,1-2H3. The summed E-state index contributed by atoms with van der Waals surface area (Å²) in [6.45, 7) is 4.11. The van der Waals surface area contributed by atoms with Crippen molar-refractivity contribution in [3.8, 4) is 0 Å². The van der Waals surface area contributed by atoms with Crippen molar-refractivity contribution in [2.24, 2.45) is 0 Å². The Kier molecular flexibility index (Phi) is 4.61. The molecule has 0 saturated heterocycles. The zero-order valence-electron chi connectivity index (χ0n) is 8.54. The van der Waals surface area contributed by atoms with Crippen LogP contribution in [-0.4, -0.2) is 11.5 Å². The van der Waals surface area contributed by atoms with Crippen molar-refractivity contribution >= 4 is 29.6 Å². The van der Waals surface area contributed by atoms with E-state index < -0.39 is 6.17 Å². The lowest BCUT2D eigenvalue weighted by Gasteiger charge is -2.09. The van der Waals surface area contributed by atoms with Gasteiger partial charge in [-0.15, -0.1) is 11.8 Å². The summed E-state index contributed by atoms with van der Waals surface area (Å²) in [5.74, 6) is 0. The largest absolute Gasteiger partial charge is 0.300 e. The van der Waals surface area contributed by atoms with Gasteiger partial charge in [0, 0.05) is 10.1 Å². The Bertz CT molecular complexity index is 354. The number of halogens is 2. The Balaban J connectivity index is 2.92. The fraction of sp³-hybridized carbons (Fsp3) is 0.364. The predicted molar refractivity (Wildman–Crippen MR) is 62.4 cm³/mol. The van der Waals surface area contributed by atoms with E-state index in [-0.39, 0.29) is 6.29 Å². The first-order chi connectivity index (χ1) is 7.04. The van der Waals surface area contributed by atoms with Crippen LogP contribution in [0.5, 0.6) is 0 Å². The molecule has 0 bridgehead atoms. The van der Waals surface area contributed by atoms with E-state index in [0.29, 0.717) is 15.8 Å². The number of rotatable bonds is 4. The SMILES string of the molecule is CC(C)Sc1ccc(C(F)C=O)cc1Cl. The van der Waals surface area contributed by atoms with Crippen molar-refractivity contribution in [3.05, 3.63) is 28.8 Å². The summed E-state index contributed by atoms with van der Waals surface area (Å²) in [6, 6.07) is 4.85. The van der Waals surface area contributed by atoms with Gasteiger partial charge in [-0.05, 0) is 17.7 Å². The zero-order chi connectivity index (χ0) is 11.4. The Morgan fingerprint density at radius 1 is 1.47 bits per heavy atom. The van der Waals surface area contributed by atoms with Crippen LogP contribution in [0.2, 0.25) is 5.02 Å². The Morgan fingerprint density at radius 3 is 2.60 bits per heavy atom. The number of benzene rings is 1. The van der Waals surface area contributed by atoms with Gasteiger partial charge in [-0.2, -0.15) is 0 Å². The first-order valence-corrected chi connectivity index (χ1v) is 5.86. The molecule has 0 N–H and O–H groups in total. The van der Waals surface area contributed by atoms with Gasteiger partial charge in [0.2, 0.25) is 0 Å². The van der Waals surface area contributed by atoms with E-state index in [1.807, 2.05) is 0 Å². The molecule has 1 atom stereocenters. The van der Waals surface area contributed by atoms with E-state index in [1.54, 1.807) is 23.9 Å². The second-order valence-corrected chi connectivity index (χ2v) is 5.42. The molecule has 0 saturated carbocycles. The van der Waals surface area contributed by atoms with Crippen molar-refractivity contribution < 1.29 is 9.18 Å². The quantitative estimate of drug-likeness (QED) is 0.589. The molecule has 0 aromatic heterocycles. The highest BCUT2D eigenvalue weighted by atomic mass is 35.5. The molecule has 0 fully saturated rings. The molecular formula is C11H12ClFOS. The van der Waals surface area contributed by atoms with Gasteiger partial charge in [-0.3, -0.25) is 4.79 Å². The molecule has 0 spiro atoms. The van der Waals surface area contributed by atoms with Crippen LogP contribution in [0.3, 0.4) is 0 Å². The highest BCUT2D eigenvalue weighted by Gasteiger charge is 2.11. The molecule has 0 aliphatic rings. The topological polar surface area (TPSA) is 17.1 Å². The third-order valence-corrected chi connectivity index (χ3v) is 3.26. The molecule has 1 rings (SSSR count). The molecule has 1 unspecified atom stereocenters. The number of hydrogen-bond acceptors (Lipinski definition) is 2. The summed E-state index contributed by atoms with van der Waals surface area (Å²) < 4.78 is 13.0.